The lowest BCUT2D eigenvalue weighted by Crippen LogP contribution is -2.26. The number of hydrogen-bond acceptors (Lipinski definition) is 2. The molecule has 0 spiro atoms. The van der Waals surface area contributed by atoms with Crippen LogP contribution >= 0.6 is 11.6 Å². The molecule has 0 fully saturated rings. The lowest BCUT2D eigenvalue weighted by molar-refractivity contribution is -0.124. The van der Waals surface area contributed by atoms with E-state index in [9.17, 15) is 9.90 Å². The van der Waals surface area contributed by atoms with E-state index in [1.54, 1.807) is 31.2 Å². The van der Waals surface area contributed by atoms with E-state index < -0.39 is 12.0 Å². The highest BCUT2D eigenvalue weighted by atomic mass is 35.5. The highest BCUT2D eigenvalue weighted by molar-refractivity contribution is 6.30. The van der Waals surface area contributed by atoms with E-state index in [0.717, 1.165) is 0 Å². The third-order valence-electron chi connectivity index (χ3n) is 1.80. The summed E-state index contributed by atoms with van der Waals surface area (Å²) in [4.78, 5) is 11.2. The Morgan fingerprint density at radius 1 is 1.50 bits per heavy atom. The number of aliphatic hydroxyl groups excluding tert-OH is 1. The molecule has 14 heavy (non-hydrogen) atoms. The summed E-state index contributed by atoms with van der Waals surface area (Å²) in [6, 6.07) is 6.72. The summed E-state index contributed by atoms with van der Waals surface area (Å²) in [5.41, 5.74) is 0.631. The predicted molar refractivity (Wildman–Crippen MR) is 56.4 cm³/mol. The number of amides is 1. The zero-order chi connectivity index (χ0) is 10.6. The van der Waals surface area contributed by atoms with Gasteiger partial charge in [0.05, 0.1) is 0 Å². The van der Waals surface area contributed by atoms with E-state index in [-0.39, 0.29) is 0 Å². The molecular formula is C10H12ClNO2. The number of benzene rings is 1. The first-order chi connectivity index (χ1) is 6.63. The van der Waals surface area contributed by atoms with Crippen molar-refractivity contribution in [1.29, 1.82) is 0 Å². The van der Waals surface area contributed by atoms with Gasteiger partial charge in [-0.3, -0.25) is 4.79 Å². The SMILES string of the molecule is CCC(O)C(=O)Nc1ccc(Cl)cc1. The van der Waals surface area contributed by atoms with Crippen LogP contribution in [0.2, 0.25) is 5.02 Å². The summed E-state index contributed by atoms with van der Waals surface area (Å²) < 4.78 is 0. The average Bonchev–Trinajstić information content (AvgIpc) is 2.20. The summed E-state index contributed by atoms with van der Waals surface area (Å²) in [7, 11) is 0. The molecule has 0 aliphatic rings. The van der Waals surface area contributed by atoms with Crippen molar-refractivity contribution < 1.29 is 9.90 Å². The minimum absolute atomic E-state index is 0.394. The Labute approximate surface area is 87.7 Å². The number of anilines is 1. The van der Waals surface area contributed by atoms with Crippen molar-refractivity contribution >= 4 is 23.2 Å². The molecule has 0 aromatic heterocycles. The molecule has 0 saturated carbocycles. The second-order valence-corrected chi connectivity index (χ2v) is 3.36. The monoisotopic (exact) mass is 213 g/mol. The molecule has 1 amide bonds. The molecule has 1 rings (SSSR count). The molecule has 4 heteroatoms. The van der Waals surface area contributed by atoms with Crippen molar-refractivity contribution in [3.05, 3.63) is 29.3 Å². The second kappa shape index (κ2) is 4.98. The van der Waals surface area contributed by atoms with E-state index in [1.807, 2.05) is 0 Å². The Kier molecular flexibility index (Phi) is 3.92. The summed E-state index contributed by atoms with van der Waals surface area (Å²) >= 11 is 5.68. The molecule has 1 aromatic rings. The van der Waals surface area contributed by atoms with Gasteiger partial charge in [0.25, 0.3) is 5.91 Å². The Morgan fingerprint density at radius 2 is 2.07 bits per heavy atom. The molecule has 0 aliphatic heterocycles. The van der Waals surface area contributed by atoms with Crippen molar-refractivity contribution in [3.8, 4) is 0 Å². The van der Waals surface area contributed by atoms with Crippen molar-refractivity contribution in [2.75, 3.05) is 5.32 Å². The fraction of sp³-hybridized carbons (Fsp3) is 0.300. The largest absolute Gasteiger partial charge is 0.383 e. The number of rotatable bonds is 3. The smallest absolute Gasteiger partial charge is 0.253 e. The minimum Gasteiger partial charge on any atom is -0.383 e. The fourth-order valence-electron chi connectivity index (χ4n) is 0.944. The van der Waals surface area contributed by atoms with E-state index in [0.29, 0.717) is 17.1 Å². The molecule has 0 radical (unpaired) electrons. The van der Waals surface area contributed by atoms with Gasteiger partial charge in [-0.1, -0.05) is 18.5 Å². The van der Waals surface area contributed by atoms with Gasteiger partial charge in [-0.25, -0.2) is 0 Å². The molecule has 76 valence electrons. The topological polar surface area (TPSA) is 49.3 Å². The van der Waals surface area contributed by atoms with Crippen LogP contribution in [0, 0.1) is 0 Å². The lowest BCUT2D eigenvalue weighted by atomic mass is 10.2. The zero-order valence-electron chi connectivity index (χ0n) is 7.83. The molecule has 0 heterocycles. The van der Waals surface area contributed by atoms with Crippen LogP contribution in [0.25, 0.3) is 0 Å². The number of carbonyl (C=O) groups excluding carboxylic acids is 1. The van der Waals surface area contributed by atoms with E-state index in [4.69, 9.17) is 11.6 Å². The van der Waals surface area contributed by atoms with Crippen LogP contribution in [0.1, 0.15) is 13.3 Å². The van der Waals surface area contributed by atoms with Gasteiger partial charge < -0.3 is 10.4 Å². The standard InChI is InChI=1S/C10H12ClNO2/c1-2-9(13)10(14)12-8-5-3-7(11)4-6-8/h3-6,9,13H,2H2,1H3,(H,12,14). The van der Waals surface area contributed by atoms with Crippen LogP contribution in [-0.4, -0.2) is 17.1 Å². The fourth-order valence-corrected chi connectivity index (χ4v) is 1.07. The van der Waals surface area contributed by atoms with Gasteiger partial charge in [0.15, 0.2) is 0 Å². The van der Waals surface area contributed by atoms with Gasteiger partial charge in [0.1, 0.15) is 6.10 Å². The van der Waals surface area contributed by atoms with Crippen LogP contribution < -0.4 is 5.32 Å². The first-order valence-electron chi connectivity index (χ1n) is 4.38. The van der Waals surface area contributed by atoms with Crippen molar-refractivity contribution in [3.63, 3.8) is 0 Å². The number of nitrogens with one attached hydrogen (secondary N) is 1. The Balaban J connectivity index is 2.60. The highest BCUT2D eigenvalue weighted by Gasteiger charge is 2.11. The van der Waals surface area contributed by atoms with Crippen LogP contribution in [0.15, 0.2) is 24.3 Å². The number of hydrogen-bond donors (Lipinski definition) is 2. The number of carbonyl (C=O) groups is 1. The summed E-state index contributed by atoms with van der Waals surface area (Å²) in [6.07, 6.45) is -0.551. The van der Waals surface area contributed by atoms with Crippen LogP contribution in [0.5, 0.6) is 0 Å². The molecule has 1 aromatic carbocycles. The van der Waals surface area contributed by atoms with Gasteiger partial charge in [-0.05, 0) is 30.7 Å². The Bertz CT molecular complexity index is 310. The summed E-state index contributed by atoms with van der Waals surface area (Å²) in [5.74, 6) is -0.394. The lowest BCUT2D eigenvalue weighted by Gasteiger charge is -2.08. The minimum atomic E-state index is -0.953. The molecule has 0 bridgehead atoms. The maximum atomic E-state index is 11.2. The van der Waals surface area contributed by atoms with Crippen LogP contribution in [-0.2, 0) is 4.79 Å². The molecule has 1 unspecified atom stereocenters. The van der Waals surface area contributed by atoms with Gasteiger partial charge in [0.2, 0.25) is 0 Å². The van der Waals surface area contributed by atoms with Crippen molar-refractivity contribution in [2.24, 2.45) is 0 Å². The van der Waals surface area contributed by atoms with Gasteiger partial charge in [0, 0.05) is 10.7 Å². The molecular weight excluding hydrogens is 202 g/mol. The normalized spacial score (nSPS) is 12.2. The first kappa shape index (κ1) is 11.0. The molecule has 2 N–H and O–H groups in total. The quantitative estimate of drug-likeness (QED) is 0.808. The molecule has 1 atom stereocenters. The van der Waals surface area contributed by atoms with Crippen LogP contribution in [0.3, 0.4) is 0 Å². The summed E-state index contributed by atoms with van der Waals surface area (Å²) in [6.45, 7) is 1.74. The number of aliphatic hydroxyl groups is 1. The van der Waals surface area contributed by atoms with Crippen LogP contribution in [0.4, 0.5) is 5.69 Å². The van der Waals surface area contributed by atoms with Crippen molar-refractivity contribution in [2.45, 2.75) is 19.4 Å². The van der Waals surface area contributed by atoms with E-state index in [1.165, 1.54) is 0 Å². The van der Waals surface area contributed by atoms with E-state index >= 15 is 0 Å². The van der Waals surface area contributed by atoms with Gasteiger partial charge >= 0.3 is 0 Å². The summed E-state index contributed by atoms with van der Waals surface area (Å²) in [5, 5.41) is 12.4. The molecule has 3 nitrogen and oxygen atoms in total. The van der Waals surface area contributed by atoms with Gasteiger partial charge in [-0.2, -0.15) is 0 Å². The Morgan fingerprint density at radius 3 is 2.57 bits per heavy atom. The zero-order valence-corrected chi connectivity index (χ0v) is 8.58. The highest BCUT2D eigenvalue weighted by Crippen LogP contribution is 2.13. The second-order valence-electron chi connectivity index (χ2n) is 2.92. The average molecular weight is 214 g/mol. The number of halogens is 1. The van der Waals surface area contributed by atoms with E-state index in [2.05, 4.69) is 5.32 Å². The first-order valence-corrected chi connectivity index (χ1v) is 4.75. The van der Waals surface area contributed by atoms with Gasteiger partial charge in [-0.15, -0.1) is 0 Å². The molecule has 0 aliphatic carbocycles. The molecule has 0 saturated heterocycles. The maximum Gasteiger partial charge on any atom is 0.253 e. The maximum absolute atomic E-state index is 11.2. The Hall–Kier alpha value is -1.06. The predicted octanol–water partition coefficient (Wildman–Crippen LogP) is 2.05. The third-order valence-corrected chi connectivity index (χ3v) is 2.05. The third kappa shape index (κ3) is 3.01. The van der Waals surface area contributed by atoms with Crippen molar-refractivity contribution in [1.82, 2.24) is 0 Å².